The van der Waals surface area contributed by atoms with Crippen LogP contribution in [0.25, 0.3) is 21.9 Å². The largest absolute Gasteiger partial charge is 0.348 e. The van der Waals surface area contributed by atoms with Crippen LogP contribution in [0, 0.1) is 0 Å². The molecule has 0 spiro atoms. The standard InChI is InChI=1S/C27H26ClN5O/c1-4-17-8-21-9-18(6-7-25(21)30-13-17)10-22(29-3)12-20(5-2)27(34)33-15-19-11-23-24(28)16-32-26(23)31-14-19/h5-9,11-14,16H,3-4,10,15H2,1-2H3,(H,31,32)(H,33,34)/b20-5+,22-12-. The van der Waals surface area contributed by atoms with E-state index >= 15 is 0 Å². The first-order valence-electron chi connectivity index (χ1n) is 11.1. The van der Waals surface area contributed by atoms with Crippen molar-refractivity contribution in [2.75, 3.05) is 0 Å². The van der Waals surface area contributed by atoms with Crippen LogP contribution in [0.1, 0.15) is 30.5 Å². The molecule has 0 aliphatic heterocycles. The second-order valence-electron chi connectivity index (χ2n) is 8.00. The van der Waals surface area contributed by atoms with Gasteiger partial charge in [0.15, 0.2) is 0 Å². The Labute approximate surface area is 203 Å². The van der Waals surface area contributed by atoms with Gasteiger partial charge in [-0.15, -0.1) is 0 Å². The molecule has 2 N–H and O–H groups in total. The topological polar surface area (TPSA) is 83.0 Å². The summed E-state index contributed by atoms with van der Waals surface area (Å²) in [4.78, 5) is 28.9. The van der Waals surface area contributed by atoms with Crippen LogP contribution in [-0.4, -0.2) is 27.6 Å². The van der Waals surface area contributed by atoms with Gasteiger partial charge in [0.05, 0.1) is 10.5 Å². The number of carbonyl (C=O) groups excluding carboxylic acids is 1. The van der Waals surface area contributed by atoms with Crippen molar-refractivity contribution in [1.82, 2.24) is 20.3 Å². The van der Waals surface area contributed by atoms with Gasteiger partial charge in [-0.2, -0.15) is 0 Å². The van der Waals surface area contributed by atoms with Crippen molar-refractivity contribution >= 4 is 46.2 Å². The highest BCUT2D eigenvalue weighted by atomic mass is 35.5. The maximum Gasteiger partial charge on any atom is 0.251 e. The Morgan fingerprint density at radius 2 is 1.97 bits per heavy atom. The number of fused-ring (bicyclic) bond motifs is 2. The van der Waals surface area contributed by atoms with Crippen LogP contribution in [0.2, 0.25) is 5.02 Å². The number of amides is 1. The van der Waals surface area contributed by atoms with Crippen molar-refractivity contribution < 1.29 is 4.79 Å². The number of allylic oxidation sites excluding steroid dienone is 2. The summed E-state index contributed by atoms with van der Waals surface area (Å²) in [6, 6.07) is 10.2. The van der Waals surface area contributed by atoms with Crippen molar-refractivity contribution in [3.8, 4) is 0 Å². The van der Waals surface area contributed by atoms with E-state index < -0.39 is 0 Å². The summed E-state index contributed by atoms with van der Waals surface area (Å²) in [6.07, 6.45) is 10.4. The number of halogens is 1. The monoisotopic (exact) mass is 471 g/mol. The molecule has 172 valence electrons. The normalized spacial score (nSPS) is 12.3. The molecule has 34 heavy (non-hydrogen) atoms. The Bertz CT molecular complexity index is 1430. The summed E-state index contributed by atoms with van der Waals surface area (Å²) < 4.78 is 0. The number of aryl methyl sites for hydroxylation is 1. The van der Waals surface area contributed by atoms with E-state index in [9.17, 15) is 4.79 Å². The van der Waals surface area contributed by atoms with Gasteiger partial charge in [-0.3, -0.25) is 14.8 Å². The molecule has 7 heteroatoms. The van der Waals surface area contributed by atoms with E-state index in [4.69, 9.17) is 11.6 Å². The number of nitrogens with zero attached hydrogens (tertiary/aromatic N) is 3. The van der Waals surface area contributed by atoms with E-state index in [1.807, 2.05) is 31.3 Å². The molecule has 0 unspecified atom stereocenters. The fraction of sp³-hybridized carbons (Fsp3) is 0.185. The van der Waals surface area contributed by atoms with Crippen molar-refractivity contribution in [3.63, 3.8) is 0 Å². The van der Waals surface area contributed by atoms with Gasteiger partial charge in [0, 0.05) is 53.6 Å². The van der Waals surface area contributed by atoms with Crippen LogP contribution in [-0.2, 0) is 24.2 Å². The Morgan fingerprint density at radius 3 is 2.74 bits per heavy atom. The average Bonchev–Trinajstić information content (AvgIpc) is 3.24. The minimum Gasteiger partial charge on any atom is -0.348 e. The zero-order valence-corrected chi connectivity index (χ0v) is 20.0. The van der Waals surface area contributed by atoms with Gasteiger partial charge >= 0.3 is 0 Å². The molecule has 0 radical (unpaired) electrons. The number of H-pyrrole nitrogens is 1. The second-order valence-corrected chi connectivity index (χ2v) is 8.40. The minimum absolute atomic E-state index is 0.195. The Balaban J connectivity index is 1.46. The van der Waals surface area contributed by atoms with Crippen LogP contribution < -0.4 is 5.32 Å². The van der Waals surface area contributed by atoms with Gasteiger partial charge in [-0.25, -0.2) is 4.98 Å². The molecule has 0 aliphatic rings. The van der Waals surface area contributed by atoms with Crippen LogP contribution in [0.4, 0.5) is 0 Å². The third-order valence-electron chi connectivity index (χ3n) is 5.68. The predicted molar refractivity (Wildman–Crippen MR) is 139 cm³/mol. The predicted octanol–water partition coefficient (Wildman–Crippen LogP) is 5.72. The van der Waals surface area contributed by atoms with Crippen LogP contribution in [0.5, 0.6) is 0 Å². The second kappa shape index (κ2) is 10.4. The van der Waals surface area contributed by atoms with E-state index in [1.54, 1.807) is 24.5 Å². The first-order chi connectivity index (χ1) is 16.5. The van der Waals surface area contributed by atoms with Crippen LogP contribution in [0.15, 0.2) is 77.3 Å². The Hall–Kier alpha value is -3.77. The molecular formula is C27H26ClN5O. The summed E-state index contributed by atoms with van der Waals surface area (Å²) in [6.45, 7) is 7.98. The fourth-order valence-electron chi connectivity index (χ4n) is 3.75. The van der Waals surface area contributed by atoms with E-state index in [0.29, 0.717) is 34.9 Å². The first kappa shape index (κ1) is 23.4. The van der Waals surface area contributed by atoms with Gasteiger partial charge in [0.25, 0.3) is 5.91 Å². The minimum atomic E-state index is -0.195. The SMILES string of the molecule is C=N/C(=C\C(=C/C)C(=O)NCc1cnc2[nH]cc(Cl)c2c1)Cc1ccc2ncc(CC)cc2c1. The van der Waals surface area contributed by atoms with Gasteiger partial charge in [0.2, 0.25) is 0 Å². The molecule has 3 aromatic heterocycles. The number of carbonyl (C=O) groups is 1. The van der Waals surface area contributed by atoms with Crippen LogP contribution in [0.3, 0.4) is 0 Å². The molecule has 6 nitrogen and oxygen atoms in total. The molecule has 0 aliphatic carbocycles. The number of pyridine rings is 2. The van der Waals surface area contributed by atoms with Crippen molar-refractivity contribution in [2.45, 2.75) is 33.2 Å². The number of aromatic amines is 1. The lowest BCUT2D eigenvalue weighted by molar-refractivity contribution is -0.117. The van der Waals surface area contributed by atoms with Gasteiger partial charge in [-0.1, -0.05) is 30.7 Å². The van der Waals surface area contributed by atoms with Crippen molar-refractivity contribution in [1.29, 1.82) is 0 Å². The summed E-state index contributed by atoms with van der Waals surface area (Å²) in [5, 5.41) is 5.47. The molecule has 3 heterocycles. The summed E-state index contributed by atoms with van der Waals surface area (Å²) in [7, 11) is 0. The molecule has 1 amide bonds. The highest BCUT2D eigenvalue weighted by Crippen LogP contribution is 2.22. The van der Waals surface area contributed by atoms with Crippen LogP contribution >= 0.6 is 11.6 Å². The molecular weight excluding hydrogens is 446 g/mol. The molecule has 4 rings (SSSR count). The summed E-state index contributed by atoms with van der Waals surface area (Å²) in [5.41, 5.74) is 6.05. The molecule has 0 bridgehead atoms. The zero-order chi connectivity index (χ0) is 24.1. The lowest BCUT2D eigenvalue weighted by Crippen LogP contribution is -2.24. The molecule has 1 aromatic carbocycles. The van der Waals surface area contributed by atoms with Crippen molar-refractivity contribution in [3.05, 3.63) is 94.1 Å². The number of nitrogens with one attached hydrogen (secondary N) is 2. The zero-order valence-electron chi connectivity index (χ0n) is 19.2. The van der Waals surface area contributed by atoms with Crippen molar-refractivity contribution in [2.24, 2.45) is 4.99 Å². The number of hydrogen-bond donors (Lipinski definition) is 2. The van der Waals surface area contributed by atoms with Gasteiger partial charge in [0.1, 0.15) is 5.65 Å². The number of hydrogen-bond acceptors (Lipinski definition) is 4. The molecule has 0 fully saturated rings. The van der Waals surface area contributed by atoms with E-state index in [0.717, 1.165) is 33.8 Å². The third-order valence-corrected chi connectivity index (χ3v) is 6.00. The number of rotatable bonds is 8. The highest BCUT2D eigenvalue weighted by Gasteiger charge is 2.10. The Morgan fingerprint density at radius 1 is 1.18 bits per heavy atom. The highest BCUT2D eigenvalue weighted by molar-refractivity contribution is 6.35. The van der Waals surface area contributed by atoms with Gasteiger partial charge < -0.3 is 10.3 Å². The molecule has 4 aromatic rings. The molecule has 0 saturated carbocycles. The maximum absolute atomic E-state index is 12.8. The number of aliphatic imine (C=N–C) groups is 1. The molecule has 0 atom stereocenters. The average molecular weight is 472 g/mol. The summed E-state index contributed by atoms with van der Waals surface area (Å²) >= 11 is 6.17. The van der Waals surface area contributed by atoms with E-state index in [1.165, 1.54) is 5.56 Å². The summed E-state index contributed by atoms with van der Waals surface area (Å²) in [5.74, 6) is -0.195. The quantitative estimate of drug-likeness (QED) is 0.196. The smallest absolute Gasteiger partial charge is 0.251 e. The number of benzene rings is 1. The molecule has 0 saturated heterocycles. The van der Waals surface area contributed by atoms with Gasteiger partial charge in [-0.05, 0) is 67.1 Å². The Kier molecular flexibility index (Phi) is 7.18. The first-order valence-corrected chi connectivity index (χ1v) is 11.5. The third kappa shape index (κ3) is 5.24. The maximum atomic E-state index is 12.8. The lowest BCUT2D eigenvalue weighted by atomic mass is 10.0. The number of aromatic nitrogens is 3. The van der Waals surface area contributed by atoms with E-state index in [2.05, 4.69) is 51.0 Å². The fourth-order valence-corrected chi connectivity index (χ4v) is 3.95. The lowest BCUT2D eigenvalue weighted by Gasteiger charge is -2.09. The van der Waals surface area contributed by atoms with E-state index in [-0.39, 0.29) is 5.91 Å².